The minimum Gasteiger partial charge on any atom is -0.462 e. The van der Waals surface area contributed by atoms with Crippen LogP contribution in [0.4, 0.5) is 0 Å². The maximum absolute atomic E-state index is 12.7. The van der Waals surface area contributed by atoms with E-state index in [2.05, 4.69) is 34.6 Å². The molecule has 4 saturated heterocycles. The Labute approximate surface area is 866 Å². The van der Waals surface area contributed by atoms with Gasteiger partial charge < -0.3 is 62.3 Å². The van der Waals surface area contributed by atoms with Gasteiger partial charge >= 0.3 is 59.7 Å². The molecule has 818 valence electrons. The first-order valence-electron chi connectivity index (χ1n) is 58.6. The SMILES string of the molecule is CCC(C)(C)C(=O)OC1(CC)CC2CC1C1C3CCC(C3)C21.CCC(C)(C)C(=O)OC12CC3CC(CC(O)(C3)C1)C2.CCC(C)(C)C(=O)OC12CC3CC(CC(O)(C3)C1)C2.CCC(C)(C)C(=O)OC1C2CC3C(=O)OC1C3C2.CCC(C)(C)C(=O)OC1C2CC3C(=O)OC1C3O2.CCC(C)(C)C(=O)OC1CC2CC1C1CCCC21.CCC1(OC(=O)C(C)(C)CC)CCCC1.CCC1(OC(=O)C(C)(C)CC)CCCC1. The zero-order valence-corrected chi connectivity index (χ0v) is 94.5. The summed E-state index contributed by atoms with van der Waals surface area (Å²) < 4.78 is 63.2. The van der Waals surface area contributed by atoms with Crippen LogP contribution in [0.5, 0.6) is 0 Å². The monoisotopic (exact) mass is 2020 g/mol. The first-order valence-corrected chi connectivity index (χ1v) is 58.6. The molecule has 18 bridgehead atoms. The average Bonchev–Trinajstić information content (AvgIpc) is 1.54. The van der Waals surface area contributed by atoms with Crippen LogP contribution in [-0.4, -0.2) is 152 Å². The second kappa shape index (κ2) is 42.9. The molecule has 23 heteroatoms. The summed E-state index contributed by atoms with van der Waals surface area (Å²) >= 11 is 0. The average molecular weight is 2020 g/mol. The number of hydrogen-bond donors (Lipinski definition) is 2. The highest BCUT2D eigenvalue weighted by molar-refractivity contribution is 5.82. The van der Waals surface area contributed by atoms with Gasteiger partial charge in [-0.1, -0.05) is 82.6 Å². The third kappa shape index (κ3) is 23.3. The number of carbonyl (C=O) groups excluding carboxylic acids is 10. The van der Waals surface area contributed by atoms with E-state index in [-0.39, 0.29) is 152 Å². The van der Waals surface area contributed by atoms with Crippen LogP contribution in [0.25, 0.3) is 0 Å². The van der Waals surface area contributed by atoms with Crippen molar-refractivity contribution in [1.82, 2.24) is 0 Å². The summed E-state index contributed by atoms with van der Waals surface area (Å²) in [6.07, 6.45) is 44.4. The second-order valence-electron chi connectivity index (χ2n) is 55.9. The van der Waals surface area contributed by atoms with Gasteiger partial charge in [0.2, 0.25) is 0 Å². The van der Waals surface area contributed by atoms with Crippen molar-refractivity contribution in [3.8, 4) is 0 Å². The minimum atomic E-state index is -0.555. The summed E-state index contributed by atoms with van der Waals surface area (Å²) in [6, 6.07) is 0. The lowest BCUT2D eigenvalue weighted by molar-refractivity contribution is -0.226. The van der Waals surface area contributed by atoms with E-state index in [9.17, 15) is 58.2 Å². The number of aliphatic hydroxyl groups is 2. The molecule has 2 N–H and O–H groups in total. The highest BCUT2D eigenvalue weighted by Crippen LogP contribution is 2.72. The molecule has 23 nitrogen and oxygen atoms in total. The van der Waals surface area contributed by atoms with Gasteiger partial charge in [0.25, 0.3) is 0 Å². The number of carbonyl (C=O) groups is 10. The number of fused-ring (bicyclic) bond motifs is 16. The van der Waals surface area contributed by atoms with E-state index in [1.54, 1.807) is 0 Å². The van der Waals surface area contributed by atoms with Gasteiger partial charge in [-0.15, -0.1) is 0 Å². The highest BCUT2D eigenvalue weighted by Gasteiger charge is 2.71. The van der Waals surface area contributed by atoms with E-state index in [0.29, 0.717) is 73.0 Å². The van der Waals surface area contributed by atoms with Gasteiger partial charge in [0.05, 0.1) is 72.5 Å². The lowest BCUT2D eigenvalue weighted by Crippen LogP contribution is -2.61. The van der Waals surface area contributed by atoms with Crippen molar-refractivity contribution in [1.29, 1.82) is 0 Å². The maximum atomic E-state index is 12.7. The molecule has 0 spiro atoms. The first kappa shape index (κ1) is 114. The first-order chi connectivity index (χ1) is 67.2. The van der Waals surface area contributed by atoms with E-state index in [4.69, 9.17) is 52.1 Å². The van der Waals surface area contributed by atoms with Gasteiger partial charge in [-0.2, -0.15) is 0 Å². The molecule has 26 atom stereocenters. The summed E-state index contributed by atoms with van der Waals surface area (Å²) in [7, 11) is 0. The molecule has 0 radical (unpaired) electrons. The van der Waals surface area contributed by atoms with Gasteiger partial charge in [0.15, 0.2) is 12.2 Å². The quantitative estimate of drug-likeness (QED) is 0.0438. The van der Waals surface area contributed by atoms with E-state index >= 15 is 0 Å². The summed E-state index contributed by atoms with van der Waals surface area (Å²) in [4.78, 5) is 121. The molecular weight excluding hydrogens is 1820 g/mol. The molecule has 19 saturated carbocycles. The summed E-state index contributed by atoms with van der Waals surface area (Å²) in [5.41, 5.74) is -5.31. The lowest BCUT2D eigenvalue weighted by Gasteiger charge is -2.59. The van der Waals surface area contributed by atoms with Crippen LogP contribution in [0.1, 0.15) is 469 Å². The minimum absolute atomic E-state index is 0.0197. The van der Waals surface area contributed by atoms with E-state index in [1.807, 2.05) is 152 Å². The van der Waals surface area contributed by atoms with Crippen LogP contribution in [0.3, 0.4) is 0 Å². The number of rotatable bonds is 27. The molecule has 0 aromatic heterocycles. The zero-order chi connectivity index (χ0) is 106. The topological polar surface area (TPSA) is 313 Å². The van der Waals surface area contributed by atoms with Crippen molar-refractivity contribution >= 4 is 59.7 Å². The molecule has 23 rings (SSSR count). The Balaban J connectivity index is 0.000000131. The van der Waals surface area contributed by atoms with Crippen molar-refractivity contribution in [2.45, 2.75) is 551 Å². The lowest BCUT2D eigenvalue weighted by atomic mass is 9.52. The van der Waals surface area contributed by atoms with Gasteiger partial charge in [0, 0.05) is 30.6 Å². The van der Waals surface area contributed by atoms with Crippen LogP contribution >= 0.6 is 0 Å². The Morgan fingerprint density at radius 1 is 0.319 bits per heavy atom. The normalized spacial score (nSPS) is 38.9. The molecule has 0 amide bonds. The highest BCUT2D eigenvalue weighted by atomic mass is 16.7. The Morgan fingerprint density at radius 3 is 1.12 bits per heavy atom. The fourth-order valence-corrected chi connectivity index (χ4v) is 31.2. The van der Waals surface area contributed by atoms with Gasteiger partial charge in [0.1, 0.15) is 52.4 Å². The van der Waals surface area contributed by atoms with Crippen molar-refractivity contribution in [2.24, 2.45) is 150 Å². The maximum Gasteiger partial charge on any atom is 0.312 e. The predicted molar refractivity (Wildman–Crippen MR) is 551 cm³/mol. The molecule has 26 unspecified atom stereocenters. The van der Waals surface area contributed by atoms with Crippen LogP contribution < -0.4 is 0 Å². The van der Waals surface area contributed by atoms with Gasteiger partial charge in [-0.25, -0.2) is 0 Å². The van der Waals surface area contributed by atoms with Crippen LogP contribution in [0, 0.1) is 150 Å². The molecule has 23 aliphatic rings. The summed E-state index contributed by atoms with van der Waals surface area (Å²) in [6.45, 7) is 53.9. The van der Waals surface area contributed by atoms with Crippen molar-refractivity contribution in [3.05, 3.63) is 0 Å². The zero-order valence-electron chi connectivity index (χ0n) is 94.5. The molecule has 19 aliphatic carbocycles. The van der Waals surface area contributed by atoms with Gasteiger partial charge in [-0.05, 0) is 451 Å². The van der Waals surface area contributed by atoms with E-state index in [0.717, 1.165) is 214 Å². The second-order valence-corrected chi connectivity index (χ2v) is 55.9. The van der Waals surface area contributed by atoms with Crippen molar-refractivity contribution in [2.75, 3.05) is 0 Å². The molecule has 4 aliphatic heterocycles. The Hall–Kier alpha value is -5.42. The molecular formula is C121H196O23. The van der Waals surface area contributed by atoms with Crippen LogP contribution in [0.2, 0.25) is 0 Å². The summed E-state index contributed by atoms with van der Waals surface area (Å²) in [5, 5.41) is 21.3. The largest absolute Gasteiger partial charge is 0.462 e. The standard InChI is InChI=1S/C20H32O2.2C16H26O3.C16H26O2.C14H20O4.C13H18O5.2C13H24O2/c1-5-19(3,4)18(21)22-20(6-2)11-14-10-15(20)17-13-8-7-12(9-13)16(14)17;2*1-4-14(2,3)13(17)19-16-8-11-5-12(9-16)7-15(18,6-11)10-16;1-4-16(2,3)15(17)18-14-9-10-8-13(14)12-7-5-6-11(10)12;1-4-14(2,3)13(16)18-10-7-5-8-9(6-7)12(15)17-11(8)10;1-4-13(2,3)12(15)18-9-7-5-6-8(16-7)10(9)17-11(6)14;2*1-5-12(3,4)11(14)15-13(6-2)9-7-8-10-13/h12-17H,5-11H2,1-4H3;2*11-12,18H,4-10H2,1-3H3;10-14H,4-9H2,1-3H3;7-11H,4-6H2,1-3H3;6-10H,4-5H2,1-3H3;2*5-10H2,1-4H3. The predicted octanol–water partition coefficient (Wildman–Crippen LogP) is 25.0. The third-order valence-corrected chi connectivity index (χ3v) is 43.1. The van der Waals surface area contributed by atoms with Crippen molar-refractivity contribution in [3.63, 3.8) is 0 Å². The molecule has 0 aromatic carbocycles. The van der Waals surface area contributed by atoms with Crippen molar-refractivity contribution < 1.29 is 110 Å². The smallest absolute Gasteiger partial charge is 0.312 e. The number of esters is 10. The molecule has 144 heavy (non-hydrogen) atoms. The van der Waals surface area contributed by atoms with Gasteiger partial charge in [-0.3, -0.25) is 47.9 Å². The van der Waals surface area contributed by atoms with E-state index in [1.165, 1.54) is 89.9 Å². The number of ether oxygens (including phenoxy) is 11. The van der Waals surface area contributed by atoms with Crippen LogP contribution in [-0.2, 0) is 100 Å². The van der Waals surface area contributed by atoms with E-state index < -0.39 is 45.1 Å². The van der Waals surface area contributed by atoms with Crippen LogP contribution in [0.15, 0.2) is 0 Å². The number of hydrogen-bond acceptors (Lipinski definition) is 23. The Kier molecular flexibility index (Phi) is 34.0. The molecule has 0 aromatic rings. The molecule has 23 fully saturated rings. The molecule has 4 heterocycles. The summed E-state index contributed by atoms with van der Waals surface area (Å²) in [5.74, 6) is 10.7. The Morgan fingerprint density at radius 2 is 0.701 bits per heavy atom. The fraction of sp³-hybridized carbons (Fsp3) is 0.917. The Bertz CT molecular complexity index is 4320. The third-order valence-electron chi connectivity index (χ3n) is 43.1. The fourth-order valence-electron chi connectivity index (χ4n) is 31.2.